The minimum absolute atomic E-state index is 0.0853. The van der Waals surface area contributed by atoms with Gasteiger partial charge in [0.1, 0.15) is 0 Å². The highest BCUT2D eigenvalue weighted by atomic mass is 16.4. The molecule has 1 aromatic rings. The molecule has 0 aliphatic carbocycles. The van der Waals surface area contributed by atoms with Crippen molar-refractivity contribution in [3.63, 3.8) is 0 Å². The average Bonchev–Trinajstić information content (AvgIpc) is 2.51. The molecule has 114 valence electrons. The molecule has 0 saturated carbocycles. The first kappa shape index (κ1) is 15.4. The number of carbonyl (C=O) groups is 2. The van der Waals surface area contributed by atoms with E-state index in [1.54, 1.807) is 6.92 Å². The largest absolute Gasteiger partial charge is 0.481 e. The van der Waals surface area contributed by atoms with E-state index in [1.165, 1.54) is 0 Å². The maximum atomic E-state index is 12.2. The molecule has 2 atom stereocenters. The molecule has 21 heavy (non-hydrogen) atoms. The fraction of sp³-hybridized carbons (Fsp3) is 0.500. The van der Waals surface area contributed by atoms with Gasteiger partial charge in [0.15, 0.2) is 0 Å². The van der Waals surface area contributed by atoms with Crippen LogP contribution in [0.2, 0.25) is 0 Å². The third kappa shape index (κ3) is 3.35. The Morgan fingerprint density at radius 2 is 2.14 bits per heavy atom. The smallest absolute Gasteiger partial charge is 0.311 e. The number of carbonyl (C=O) groups excluding carboxylic acids is 1. The minimum Gasteiger partial charge on any atom is -0.481 e. The van der Waals surface area contributed by atoms with E-state index in [1.807, 2.05) is 31.2 Å². The molecule has 1 aliphatic heterocycles. The van der Waals surface area contributed by atoms with Crippen LogP contribution >= 0.6 is 0 Å². The van der Waals surface area contributed by atoms with E-state index in [-0.39, 0.29) is 18.4 Å². The van der Waals surface area contributed by atoms with Crippen LogP contribution < -0.4 is 10.6 Å². The van der Waals surface area contributed by atoms with Crippen LogP contribution in [-0.2, 0) is 16.0 Å². The Morgan fingerprint density at radius 1 is 1.43 bits per heavy atom. The molecule has 2 rings (SSSR count). The Kier molecular flexibility index (Phi) is 4.50. The SMILES string of the molecule is CCC(C)(CNC(=O)C1CNc2ccccc2C1)C(=O)O. The van der Waals surface area contributed by atoms with Crippen LogP contribution in [0.4, 0.5) is 5.69 Å². The standard InChI is InChI=1S/C16H22N2O3/c1-3-16(2,15(20)21)10-18-14(19)12-8-11-6-4-5-7-13(11)17-9-12/h4-7,12,17H,3,8-10H2,1-2H3,(H,18,19)(H,20,21). The number of carboxylic acids is 1. The quantitative estimate of drug-likeness (QED) is 0.774. The molecular weight excluding hydrogens is 268 g/mol. The van der Waals surface area contributed by atoms with Crippen molar-refractivity contribution >= 4 is 17.6 Å². The number of carboxylic acid groups (broad SMARTS) is 1. The number of anilines is 1. The third-order valence-electron chi connectivity index (χ3n) is 4.34. The number of amides is 1. The highest BCUT2D eigenvalue weighted by molar-refractivity contribution is 5.82. The maximum Gasteiger partial charge on any atom is 0.311 e. The number of hydrogen-bond donors (Lipinski definition) is 3. The second-order valence-electron chi connectivity index (χ2n) is 5.88. The van der Waals surface area contributed by atoms with Gasteiger partial charge in [-0.1, -0.05) is 25.1 Å². The number of nitrogens with one attached hydrogen (secondary N) is 2. The summed E-state index contributed by atoms with van der Waals surface area (Å²) in [5.74, 6) is -1.12. The predicted molar refractivity (Wildman–Crippen MR) is 81.2 cm³/mol. The van der Waals surface area contributed by atoms with Crippen LogP contribution in [0.3, 0.4) is 0 Å². The summed E-state index contributed by atoms with van der Waals surface area (Å²) in [6.45, 7) is 4.22. The molecule has 0 radical (unpaired) electrons. The van der Waals surface area contributed by atoms with E-state index < -0.39 is 11.4 Å². The van der Waals surface area contributed by atoms with Gasteiger partial charge in [0, 0.05) is 18.8 Å². The van der Waals surface area contributed by atoms with Crippen molar-refractivity contribution in [3.8, 4) is 0 Å². The molecule has 2 unspecified atom stereocenters. The van der Waals surface area contributed by atoms with Gasteiger partial charge in [-0.25, -0.2) is 0 Å². The predicted octanol–water partition coefficient (Wildman–Crippen LogP) is 1.89. The highest BCUT2D eigenvalue weighted by Gasteiger charge is 2.33. The highest BCUT2D eigenvalue weighted by Crippen LogP contribution is 2.25. The summed E-state index contributed by atoms with van der Waals surface area (Å²) in [7, 11) is 0. The van der Waals surface area contributed by atoms with Gasteiger partial charge < -0.3 is 15.7 Å². The van der Waals surface area contributed by atoms with Gasteiger partial charge in [-0.15, -0.1) is 0 Å². The minimum atomic E-state index is -0.907. The summed E-state index contributed by atoms with van der Waals surface area (Å²) in [5.41, 5.74) is 1.29. The molecule has 5 nitrogen and oxygen atoms in total. The summed E-state index contributed by atoms with van der Waals surface area (Å²) in [4.78, 5) is 23.5. The van der Waals surface area contributed by atoms with E-state index >= 15 is 0 Å². The van der Waals surface area contributed by atoms with Gasteiger partial charge in [-0.3, -0.25) is 9.59 Å². The van der Waals surface area contributed by atoms with Crippen molar-refractivity contribution in [2.24, 2.45) is 11.3 Å². The zero-order valence-electron chi connectivity index (χ0n) is 12.5. The Labute approximate surface area is 124 Å². The number of hydrogen-bond acceptors (Lipinski definition) is 3. The first-order valence-electron chi connectivity index (χ1n) is 7.29. The second kappa shape index (κ2) is 6.16. The summed E-state index contributed by atoms with van der Waals surface area (Å²) in [5, 5.41) is 15.3. The van der Waals surface area contributed by atoms with Crippen molar-refractivity contribution in [1.82, 2.24) is 5.32 Å². The first-order chi connectivity index (χ1) is 9.96. The Bertz CT molecular complexity index is 544. The maximum absolute atomic E-state index is 12.2. The monoisotopic (exact) mass is 290 g/mol. The molecule has 5 heteroatoms. The van der Waals surface area contributed by atoms with Crippen LogP contribution in [0.1, 0.15) is 25.8 Å². The lowest BCUT2D eigenvalue weighted by Crippen LogP contribution is -2.45. The molecule has 0 saturated heterocycles. The molecular formula is C16H22N2O3. The Hall–Kier alpha value is -2.04. The molecule has 1 aromatic carbocycles. The normalized spacial score (nSPS) is 19.8. The van der Waals surface area contributed by atoms with E-state index in [4.69, 9.17) is 0 Å². The van der Waals surface area contributed by atoms with Crippen molar-refractivity contribution in [1.29, 1.82) is 0 Å². The van der Waals surface area contributed by atoms with Crippen molar-refractivity contribution in [3.05, 3.63) is 29.8 Å². The summed E-state index contributed by atoms with van der Waals surface area (Å²) in [6, 6.07) is 7.93. The fourth-order valence-electron chi connectivity index (χ4n) is 2.41. The lowest BCUT2D eigenvalue weighted by Gasteiger charge is -2.28. The summed E-state index contributed by atoms with van der Waals surface area (Å²) in [6.07, 6.45) is 1.17. The second-order valence-corrected chi connectivity index (χ2v) is 5.88. The van der Waals surface area contributed by atoms with Gasteiger partial charge in [0.2, 0.25) is 5.91 Å². The van der Waals surface area contributed by atoms with Crippen LogP contribution in [0, 0.1) is 11.3 Å². The summed E-state index contributed by atoms with van der Waals surface area (Å²) < 4.78 is 0. The van der Waals surface area contributed by atoms with Gasteiger partial charge in [-0.05, 0) is 31.4 Å². The molecule has 1 amide bonds. The number of para-hydroxylation sites is 1. The van der Waals surface area contributed by atoms with E-state index in [0.717, 1.165) is 11.3 Å². The third-order valence-corrected chi connectivity index (χ3v) is 4.34. The van der Waals surface area contributed by atoms with Crippen LogP contribution in [0.25, 0.3) is 0 Å². The number of fused-ring (bicyclic) bond motifs is 1. The zero-order chi connectivity index (χ0) is 15.5. The topological polar surface area (TPSA) is 78.4 Å². The van der Waals surface area contributed by atoms with E-state index in [9.17, 15) is 14.7 Å². The first-order valence-corrected chi connectivity index (χ1v) is 7.29. The van der Waals surface area contributed by atoms with Gasteiger partial charge in [-0.2, -0.15) is 0 Å². The van der Waals surface area contributed by atoms with E-state index in [0.29, 0.717) is 19.4 Å². The van der Waals surface area contributed by atoms with Crippen LogP contribution in [-0.4, -0.2) is 30.1 Å². The molecule has 0 spiro atoms. The lowest BCUT2D eigenvalue weighted by atomic mass is 9.87. The van der Waals surface area contributed by atoms with E-state index in [2.05, 4.69) is 10.6 Å². The Balaban J connectivity index is 1.95. The Morgan fingerprint density at radius 3 is 2.81 bits per heavy atom. The molecule has 0 bridgehead atoms. The average molecular weight is 290 g/mol. The van der Waals surface area contributed by atoms with Crippen molar-refractivity contribution in [2.45, 2.75) is 26.7 Å². The fourth-order valence-corrected chi connectivity index (χ4v) is 2.41. The molecule has 0 fully saturated rings. The summed E-state index contributed by atoms with van der Waals surface area (Å²) >= 11 is 0. The number of aliphatic carboxylic acids is 1. The van der Waals surface area contributed by atoms with Gasteiger partial charge in [0.05, 0.1) is 11.3 Å². The van der Waals surface area contributed by atoms with Gasteiger partial charge >= 0.3 is 5.97 Å². The van der Waals surface area contributed by atoms with Gasteiger partial charge in [0.25, 0.3) is 0 Å². The number of rotatable bonds is 5. The van der Waals surface area contributed by atoms with Crippen molar-refractivity contribution < 1.29 is 14.7 Å². The lowest BCUT2D eigenvalue weighted by molar-refractivity contribution is -0.148. The zero-order valence-corrected chi connectivity index (χ0v) is 12.5. The molecule has 0 aromatic heterocycles. The van der Waals surface area contributed by atoms with Crippen LogP contribution in [0.5, 0.6) is 0 Å². The molecule has 1 heterocycles. The van der Waals surface area contributed by atoms with Crippen LogP contribution in [0.15, 0.2) is 24.3 Å². The molecule has 1 aliphatic rings. The van der Waals surface area contributed by atoms with Crippen molar-refractivity contribution in [2.75, 3.05) is 18.4 Å². The number of benzene rings is 1. The molecule has 3 N–H and O–H groups in total.